The molecule has 0 aliphatic carbocycles. The molecule has 0 heterocycles. The van der Waals surface area contributed by atoms with Crippen LogP contribution in [0.5, 0.6) is 11.5 Å². The summed E-state index contributed by atoms with van der Waals surface area (Å²) in [5, 5.41) is 0. The molecule has 0 atom stereocenters. The van der Waals surface area contributed by atoms with Crippen LogP contribution in [0.3, 0.4) is 0 Å². The van der Waals surface area contributed by atoms with Crippen molar-refractivity contribution in [3.63, 3.8) is 0 Å². The highest BCUT2D eigenvalue weighted by molar-refractivity contribution is 6.56. The van der Waals surface area contributed by atoms with Crippen LogP contribution in [0.1, 0.15) is 30.9 Å². The number of allylic oxidation sites excluding steroid dienone is 1. The van der Waals surface area contributed by atoms with E-state index in [9.17, 15) is 0 Å². The largest absolute Gasteiger partial charge is 0.493 e. The molecule has 0 aromatic heterocycles. The molecule has 0 unspecified atom stereocenters. The molecule has 1 rings (SSSR count). The van der Waals surface area contributed by atoms with Gasteiger partial charge in [0.15, 0.2) is 0 Å². The summed E-state index contributed by atoms with van der Waals surface area (Å²) in [6.07, 6.45) is 9.43. The smallest absolute Gasteiger partial charge is 0.125 e. The fourth-order valence-corrected chi connectivity index (χ4v) is 2.52. The summed E-state index contributed by atoms with van der Waals surface area (Å²) >= 11 is 22.1. The van der Waals surface area contributed by atoms with Crippen LogP contribution in [0.4, 0.5) is 0 Å². The van der Waals surface area contributed by atoms with E-state index in [2.05, 4.69) is 12.4 Å². The van der Waals surface area contributed by atoms with E-state index in [-0.39, 0.29) is 8.98 Å². The molecule has 1 aromatic rings. The van der Waals surface area contributed by atoms with Crippen molar-refractivity contribution in [3.8, 4) is 11.5 Å². The number of unbranched alkanes of at least 4 members (excludes halogenated alkanes) is 1. The molecule has 156 valence electrons. The summed E-state index contributed by atoms with van der Waals surface area (Å²) in [7, 11) is 0. The lowest BCUT2D eigenvalue weighted by atomic mass is 10.1. The van der Waals surface area contributed by atoms with Crippen LogP contribution >= 0.6 is 46.4 Å². The van der Waals surface area contributed by atoms with Crippen molar-refractivity contribution in [1.29, 1.82) is 0 Å². The Hall–Kier alpha value is -1.04. The highest BCUT2D eigenvalue weighted by Gasteiger charge is 2.09. The van der Waals surface area contributed by atoms with E-state index >= 15 is 0 Å². The quantitative estimate of drug-likeness (QED) is 0.256. The monoisotopic (exact) mass is 467 g/mol. The number of hydrogen-bond donors (Lipinski definition) is 1. The first-order valence-electron chi connectivity index (χ1n) is 8.87. The normalized spacial score (nSPS) is 10.6. The zero-order valence-electron chi connectivity index (χ0n) is 15.9. The van der Waals surface area contributed by atoms with E-state index in [0.717, 1.165) is 41.9 Å². The summed E-state index contributed by atoms with van der Waals surface area (Å²) in [5.41, 5.74) is 4.83. The molecule has 0 fully saturated rings. The second-order valence-corrected chi connectivity index (χ2v) is 7.72. The minimum absolute atomic E-state index is 0.181. The summed E-state index contributed by atoms with van der Waals surface area (Å²) < 4.78 is 12.0. The Kier molecular flexibility index (Phi) is 13.3. The Morgan fingerprint density at radius 1 is 1.04 bits per heavy atom. The van der Waals surface area contributed by atoms with E-state index in [4.69, 9.17) is 60.7 Å². The van der Waals surface area contributed by atoms with Crippen molar-refractivity contribution in [2.24, 2.45) is 0 Å². The fourth-order valence-electron chi connectivity index (χ4n) is 2.27. The van der Waals surface area contributed by atoms with Crippen molar-refractivity contribution in [3.05, 3.63) is 56.7 Å². The maximum absolute atomic E-state index is 6.00. The molecule has 0 aliphatic heterocycles. The maximum Gasteiger partial charge on any atom is 0.125 e. The molecule has 0 amide bonds. The molecule has 4 nitrogen and oxygen atoms in total. The maximum atomic E-state index is 6.00. The van der Waals surface area contributed by atoms with Gasteiger partial charge in [-0.05, 0) is 61.6 Å². The molecular formula is C20H25Cl4NO3. The van der Waals surface area contributed by atoms with Crippen LogP contribution < -0.4 is 15.0 Å². The average Bonchev–Trinajstić information content (AvgIpc) is 2.63. The predicted octanol–water partition coefficient (Wildman–Crippen LogP) is 6.77. The van der Waals surface area contributed by atoms with Gasteiger partial charge >= 0.3 is 0 Å². The Morgan fingerprint density at radius 2 is 1.75 bits per heavy atom. The molecule has 0 saturated heterocycles. The van der Waals surface area contributed by atoms with Crippen LogP contribution in [0, 0.1) is 6.92 Å². The average molecular weight is 469 g/mol. The van der Waals surface area contributed by atoms with Gasteiger partial charge in [-0.1, -0.05) is 59.4 Å². The van der Waals surface area contributed by atoms with Crippen molar-refractivity contribution >= 4 is 46.4 Å². The van der Waals surface area contributed by atoms with Crippen LogP contribution in [0.15, 0.2) is 45.5 Å². The van der Waals surface area contributed by atoms with E-state index in [1.54, 1.807) is 18.4 Å². The van der Waals surface area contributed by atoms with E-state index in [1.165, 1.54) is 0 Å². The van der Waals surface area contributed by atoms with E-state index in [1.807, 2.05) is 25.1 Å². The minimum atomic E-state index is 0.181. The lowest BCUT2D eigenvalue weighted by molar-refractivity contribution is 0.0952. The van der Waals surface area contributed by atoms with Gasteiger partial charge in [0.25, 0.3) is 0 Å². The third kappa shape index (κ3) is 11.1. The Bertz CT molecular complexity index is 682. The predicted molar refractivity (Wildman–Crippen MR) is 119 cm³/mol. The molecule has 0 radical (unpaired) electrons. The number of benzene rings is 1. The number of hydroxylamine groups is 1. The van der Waals surface area contributed by atoms with Crippen molar-refractivity contribution in [2.75, 3.05) is 19.8 Å². The zero-order valence-corrected chi connectivity index (χ0v) is 19.0. The molecule has 0 bridgehead atoms. The zero-order chi connectivity index (χ0) is 20.8. The van der Waals surface area contributed by atoms with Gasteiger partial charge in [0.1, 0.15) is 27.1 Å². The topological polar surface area (TPSA) is 39.7 Å². The molecule has 0 saturated carbocycles. The SMILES string of the molecule is CCc1cc(OCC=C(Cl)Cl)cc(C)c1OCCCC=CNOCC=C(Cl)Cl. The van der Waals surface area contributed by atoms with Gasteiger partial charge < -0.3 is 9.47 Å². The third-order valence-electron chi connectivity index (χ3n) is 3.55. The minimum Gasteiger partial charge on any atom is -0.493 e. The second kappa shape index (κ2) is 14.9. The van der Waals surface area contributed by atoms with E-state index < -0.39 is 0 Å². The Labute approximate surface area is 187 Å². The van der Waals surface area contributed by atoms with Gasteiger partial charge in [-0.15, -0.1) is 0 Å². The summed E-state index contributed by atoms with van der Waals surface area (Å²) in [6, 6.07) is 3.94. The van der Waals surface area contributed by atoms with Gasteiger partial charge in [0.05, 0.1) is 13.2 Å². The Morgan fingerprint density at radius 3 is 2.43 bits per heavy atom. The summed E-state index contributed by atoms with van der Waals surface area (Å²) in [5.74, 6) is 1.68. The van der Waals surface area contributed by atoms with Gasteiger partial charge in [0, 0.05) is 6.20 Å². The number of rotatable bonds is 13. The second-order valence-electron chi connectivity index (χ2n) is 5.70. The standard InChI is InChI=1S/C20H25Cl4NO3/c1-3-16-14-17(26-11-7-18(21)22)13-15(2)20(16)27-10-6-4-5-9-25-28-12-8-19(23)24/h5,7-9,13-14,25H,3-4,6,10-12H2,1-2H3. The van der Waals surface area contributed by atoms with Crippen molar-refractivity contribution < 1.29 is 14.3 Å². The number of ether oxygens (including phenoxy) is 2. The summed E-state index contributed by atoms with van der Waals surface area (Å²) in [4.78, 5) is 5.08. The first-order chi connectivity index (χ1) is 13.4. The van der Waals surface area contributed by atoms with Crippen LogP contribution in [-0.4, -0.2) is 19.8 Å². The van der Waals surface area contributed by atoms with E-state index in [0.29, 0.717) is 19.8 Å². The number of hydrogen-bond acceptors (Lipinski definition) is 4. The van der Waals surface area contributed by atoms with Crippen LogP contribution in [0.2, 0.25) is 0 Å². The van der Waals surface area contributed by atoms with Crippen molar-refractivity contribution in [1.82, 2.24) is 5.48 Å². The summed E-state index contributed by atoms with van der Waals surface area (Å²) in [6.45, 7) is 5.33. The van der Waals surface area contributed by atoms with Gasteiger partial charge in [-0.25, -0.2) is 0 Å². The lowest BCUT2D eigenvalue weighted by Crippen LogP contribution is -2.06. The molecule has 8 heteroatoms. The highest BCUT2D eigenvalue weighted by atomic mass is 35.5. The third-order valence-corrected chi connectivity index (χ3v) is 4.16. The first-order valence-corrected chi connectivity index (χ1v) is 10.4. The molecule has 1 N–H and O–H groups in total. The van der Waals surface area contributed by atoms with Crippen LogP contribution in [-0.2, 0) is 11.3 Å². The van der Waals surface area contributed by atoms with Gasteiger partial charge in [-0.2, -0.15) is 0 Å². The van der Waals surface area contributed by atoms with Crippen molar-refractivity contribution in [2.45, 2.75) is 33.1 Å². The molecule has 28 heavy (non-hydrogen) atoms. The Balaban J connectivity index is 2.41. The lowest BCUT2D eigenvalue weighted by Gasteiger charge is -2.15. The van der Waals surface area contributed by atoms with Gasteiger partial charge in [0.2, 0.25) is 0 Å². The first kappa shape index (κ1) is 25.0. The number of nitrogens with one attached hydrogen (secondary N) is 1. The fraction of sp³-hybridized carbons (Fsp3) is 0.400. The molecule has 0 spiro atoms. The van der Waals surface area contributed by atoms with Crippen LogP contribution in [0.25, 0.3) is 0 Å². The number of halogens is 4. The van der Waals surface area contributed by atoms with Gasteiger partial charge in [-0.3, -0.25) is 10.3 Å². The molecule has 1 aromatic carbocycles. The highest BCUT2D eigenvalue weighted by Crippen LogP contribution is 2.30. The number of aryl methyl sites for hydroxylation is 2. The molecule has 0 aliphatic rings. The molecular weight excluding hydrogens is 444 g/mol.